The van der Waals surface area contributed by atoms with Crippen LogP contribution in [-0.4, -0.2) is 16.1 Å². The molecule has 4 nitrogen and oxygen atoms in total. The quantitative estimate of drug-likeness (QED) is 0.838. The van der Waals surface area contributed by atoms with Crippen molar-refractivity contribution in [3.8, 4) is 0 Å². The van der Waals surface area contributed by atoms with Gasteiger partial charge in [0.05, 0.1) is 14.6 Å². The summed E-state index contributed by atoms with van der Waals surface area (Å²) in [4.78, 5) is 11.7. The number of amides is 1. The van der Waals surface area contributed by atoms with Crippen molar-refractivity contribution in [3.63, 3.8) is 0 Å². The highest BCUT2D eigenvalue weighted by Crippen LogP contribution is 2.16. The van der Waals surface area contributed by atoms with Gasteiger partial charge in [0, 0.05) is 23.2 Å². The average Bonchev–Trinajstić information content (AvgIpc) is 2.84. The molecule has 0 spiro atoms. The van der Waals surface area contributed by atoms with Crippen LogP contribution in [0.1, 0.15) is 21.6 Å². The van der Waals surface area contributed by atoms with E-state index in [4.69, 9.17) is 0 Å². The van der Waals surface area contributed by atoms with Gasteiger partial charge in [-0.2, -0.15) is 5.10 Å². The van der Waals surface area contributed by atoms with Gasteiger partial charge in [0.25, 0.3) is 5.91 Å². The lowest BCUT2D eigenvalue weighted by Crippen LogP contribution is -2.22. The Balaban J connectivity index is 1.96. The second kappa shape index (κ2) is 4.96. The molecule has 2 heterocycles. The number of carbonyl (C=O) groups is 1. The second-order valence-electron chi connectivity index (χ2n) is 3.34. The smallest absolute Gasteiger partial charge is 0.252 e. The Bertz CT molecular complexity index is 506. The van der Waals surface area contributed by atoms with Gasteiger partial charge in [-0.15, -0.1) is 11.3 Å². The average molecular weight is 347 g/mol. The van der Waals surface area contributed by atoms with E-state index >= 15 is 0 Å². The topological polar surface area (TPSA) is 57.8 Å². The summed E-state index contributed by atoms with van der Waals surface area (Å²) in [5, 5.41) is 11.5. The van der Waals surface area contributed by atoms with Gasteiger partial charge in [0.1, 0.15) is 0 Å². The van der Waals surface area contributed by atoms with Crippen LogP contribution in [0.4, 0.5) is 0 Å². The first-order chi connectivity index (χ1) is 7.66. The Morgan fingerprint density at radius 3 is 3.06 bits per heavy atom. The van der Waals surface area contributed by atoms with Gasteiger partial charge in [0.2, 0.25) is 0 Å². The third-order valence-corrected chi connectivity index (χ3v) is 3.99. The molecule has 0 unspecified atom stereocenters. The maximum atomic E-state index is 11.7. The summed E-state index contributed by atoms with van der Waals surface area (Å²) in [6.07, 6.45) is 1.73. The van der Waals surface area contributed by atoms with Crippen LogP contribution < -0.4 is 5.32 Å². The monoisotopic (exact) mass is 347 g/mol. The van der Waals surface area contributed by atoms with Gasteiger partial charge < -0.3 is 5.32 Å². The lowest BCUT2D eigenvalue weighted by molar-refractivity contribution is 0.0951. The normalized spacial score (nSPS) is 10.4. The molecule has 2 aromatic heterocycles. The Kier molecular flexibility index (Phi) is 3.59. The molecule has 0 aliphatic carbocycles. The molecule has 16 heavy (non-hydrogen) atoms. The lowest BCUT2D eigenvalue weighted by atomic mass is 10.2. The highest BCUT2D eigenvalue weighted by molar-refractivity contribution is 14.1. The minimum atomic E-state index is -0.0419. The van der Waals surface area contributed by atoms with Crippen molar-refractivity contribution >= 4 is 39.8 Å². The van der Waals surface area contributed by atoms with Gasteiger partial charge in [0.15, 0.2) is 0 Å². The van der Waals surface area contributed by atoms with E-state index in [0.29, 0.717) is 6.54 Å². The molecule has 84 valence electrons. The highest BCUT2D eigenvalue weighted by Gasteiger charge is 2.08. The lowest BCUT2D eigenvalue weighted by Gasteiger charge is -2.02. The number of halogens is 1. The van der Waals surface area contributed by atoms with E-state index in [1.54, 1.807) is 17.5 Å². The molecule has 0 fully saturated rings. The standard InChI is InChI=1S/C10H10IN3OS/c1-6-8(4-13-14-6)3-12-10(15)7-2-9(11)16-5-7/h2,4-5H,3H2,1H3,(H,12,15)(H,13,14). The summed E-state index contributed by atoms with van der Waals surface area (Å²) in [7, 11) is 0. The van der Waals surface area contributed by atoms with Gasteiger partial charge in [-0.1, -0.05) is 0 Å². The van der Waals surface area contributed by atoms with Gasteiger partial charge >= 0.3 is 0 Å². The van der Waals surface area contributed by atoms with Crippen molar-refractivity contribution in [2.24, 2.45) is 0 Å². The Hall–Kier alpha value is -0.890. The minimum Gasteiger partial charge on any atom is -0.348 e. The van der Waals surface area contributed by atoms with Crippen molar-refractivity contribution < 1.29 is 4.79 Å². The van der Waals surface area contributed by atoms with Crippen LogP contribution in [0.25, 0.3) is 0 Å². The summed E-state index contributed by atoms with van der Waals surface area (Å²) in [6, 6.07) is 1.88. The fourth-order valence-corrected chi connectivity index (χ4v) is 2.59. The summed E-state index contributed by atoms with van der Waals surface area (Å²) in [6.45, 7) is 2.44. The first kappa shape index (κ1) is 11.6. The largest absolute Gasteiger partial charge is 0.348 e. The SMILES string of the molecule is Cc1[nH]ncc1CNC(=O)c1csc(I)c1. The summed E-state index contributed by atoms with van der Waals surface area (Å²) in [5.41, 5.74) is 2.72. The van der Waals surface area contributed by atoms with Crippen LogP contribution in [0.3, 0.4) is 0 Å². The number of carbonyl (C=O) groups excluding carboxylic acids is 1. The molecule has 0 aromatic carbocycles. The van der Waals surface area contributed by atoms with Gasteiger partial charge in [-0.3, -0.25) is 9.89 Å². The molecule has 0 radical (unpaired) electrons. The van der Waals surface area contributed by atoms with E-state index in [0.717, 1.165) is 19.7 Å². The molecular weight excluding hydrogens is 337 g/mol. The number of aromatic amines is 1. The van der Waals surface area contributed by atoms with E-state index in [1.807, 2.05) is 18.4 Å². The number of aromatic nitrogens is 2. The third kappa shape index (κ3) is 2.62. The van der Waals surface area contributed by atoms with Crippen molar-refractivity contribution in [2.45, 2.75) is 13.5 Å². The number of hydrogen-bond acceptors (Lipinski definition) is 3. The fraction of sp³-hybridized carbons (Fsp3) is 0.200. The van der Waals surface area contributed by atoms with E-state index in [1.165, 1.54) is 0 Å². The molecule has 6 heteroatoms. The predicted octanol–water partition coefficient (Wildman–Crippen LogP) is 2.31. The Morgan fingerprint density at radius 1 is 1.69 bits per heavy atom. The second-order valence-corrected chi connectivity index (χ2v) is 6.15. The number of nitrogens with zero attached hydrogens (tertiary/aromatic N) is 1. The minimum absolute atomic E-state index is 0.0419. The molecule has 0 saturated carbocycles. The Labute approximate surface area is 111 Å². The zero-order chi connectivity index (χ0) is 11.5. The predicted molar refractivity (Wildman–Crippen MR) is 71.5 cm³/mol. The third-order valence-electron chi connectivity index (χ3n) is 2.20. The fourth-order valence-electron chi connectivity index (χ4n) is 1.26. The summed E-state index contributed by atoms with van der Waals surface area (Å²) in [5.74, 6) is -0.0419. The number of thiophene rings is 1. The van der Waals surface area contributed by atoms with Crippen LogP contribution >= 0.6 is 33.9 Å². The maximum absolute atomic E-state index is 11.7. The van der Waals surface area contributed by atoms with Crippen molar-refractivity contribution in [1.82, 2.24) is 15.5 Å². The van der Waals surface area contributed by atoms with Crippen LogP contribution in [0.5, 0.6) is 0 Å². The molecule has 0 atom stereocenters. The van der Waals surface area contributed by atoms with E-state index in [2.05, 4.69) is 38.1 Å². The van der Waals surface area contributed by atoms with Gasteiger partial charge in [-0.05, 0) is 35.6 Å². The summed E-state index contributed by atoms with van der Waals surface area (Å²) >= 11 is 3.77. The van der Waals surface area contributed by atoms with Crippen LogP contribution in [-0.2, 0) is 6.54 Å². The van der Waals surface area contributed by atoms with Crippen LogP contribution in [0.15, 0.2) is 17.6 Å². The molecule has 0 saturated heterocycles. The molecule has 0 aliphatic rings. The number of nitrogens with one attached hydrogen (secondary N) is 2. The molecule has 0 bridgehead atoms. The van der Waals surface area contributed by atoms with E-state index < -0.39 is 0 Å². The molecule has 2 rings (SSSR count). The Morgan fingerprint density at radius 2 is 2.50 bits per heavy atom. The van der Waals surface area contributed by atoms with E-state index in [9.17, 15) is 4.79 Å². The maximum Gasteiger partial charge on any atom is 0.252 e. The van der Waals surface area contributed by atoms with Crippen molar-refractivity contribution in [3.05, 3.63) is 37.3 Å². The zero-order valence-corrected chi connectivity index (χ0v) is 11.6. The van der Waals surface area contributed by atoms with Crippen molar-refractivity contribution in [1.29, 1.82) is 0 Å². The highest BCUT2D eigenvalue weighted by atomic mass is 127. The molecule has 2 N–H and O–H groups in total. The molecule has 1 amide bonds. The zero-order valence-electron chi connectivity index (χ0n) is 8.58. The first-order valence-corrected chi connectivity index (χ1v) is 6.63. The summed E-state index contributed by atoms with van der Waals surface area (Å²) < 4.78 is 1.11. The molecule has 0 aliphatic heterocycles. The van der Waals surface area contributed by atoms with Crippen LogP contribution in [0, 0.1) is 9.81 Å². The van der Waals surface area contributed by atoms with E-state index in [-0.39, 0.29) is 5.91 Å². The number of H-pyrrole nitrogens is 1. The number of rotatable bonds is 3. The molecule has 2 aromatic rings. The van der Waals surface area contributed by atoms with Crippen molar-refractivity contribution in [2.75, 3.05) is 0 Å². The number of aryl methyl sites for hydroxylation is 1. The number of hydrogen-bond donors (Lipinski definition) is 2. The van der Waals surface area contributed by atoms with Gasteiger partial charge in [-0.25, -0.2) is 0 Å². The first-order valence-electron chi connectivity index (χ1n) is 4.68. The van der Waals surface area contributed by atoms with Crippen LogP contribution in [0.2, 0.25) is 0 Å². The molecular formula is C10H10IN3OS.